The van der Waals surface area contributed by atoms with Gasteiger partial charge in [0.15, 0.2) is 0 Å². The van der Waals surface area contributed by atoms with Crippen LogP contribution in [0.4, 0.5) is 8.78 Å². The summed E-state index contributed by atoms with van der Waals surface area (Å²) in [6, 6.07) is 0. The van der Waals surface area contributed by atoms with Crippen molar-refractivity contribution in [3.05, 3.63) is 0 Å². The molecule has 0 aromatic rings. The number of ether oxygens (including phenoxy) is 2. The molecule has 0 unspecified atom stereocenters. The SMILES string of the molecule is CCOC(=O)CN(C)C(=O)CCOCC(F)F. The van der Waals surface area contributed by atoms with Gasteiger partial charge in [0.2, 0.25) is 5.91 Å². The minimum Gasteiger partial charge on any atom is -0.465 e. The van der Waals surface area contributed by atoms with E-state index in [0.29, 0.717) is 0 Å². The Hall–Kier alpha value is -1.24. The first-order valence-corrected chi connectivity index (χ1v) is 5.22. The monoisotopic (exact) mass is 253 g/mol. The van der Waals surface area contributed by atoms with E-state index in [1.54, 1.807) is 6.92 Å². The molecule has 7 heteroatoms. The van der Waals surface area contributed by atoms with Crippen LogP contribution in [0.15, 0.2) is 0 Å². The second-order valence-corrected chi connectivity index (χ2v) is 3.27. The zero-order chi connectivity index (χ0) is 13.3. The van der Waals surface area contributed by atoms with Gasteiger partial charge < -0.3 is 14.4 Å². The van der Waals surface area contributed by atoms with Crippen LogP contribution >= 0.6 is 0 Å². The van der Waals surface area contributed by atoms with E-state index < -0.39 is 19.0 Å². The Balaban J connectivity index is 3.71. The summed E-state index contributed by atoms with van der Waals surface area (Å²) >= 11 is 0. The van der Waals surface area contributed by atoms with Crippen molar-refractivity contribution in [2.75, 3.05) is 33.4 Å². The highest BCUT2D eigenvalue weighted by Gasteiger charge is 2.13. The fourth-order valence-corrected chi connectivity index (χ4v) is 1.01. The van der Waals surface area contributed by atoms with Gasteiger partial charge in [-0.2, -0.15) is 0 Å². The summed E-state index contributed by atoms with van der Waals surface area (Å²) < 4.78 is 32.6. The Kier molecular flexibility index (Phi) is 8.21. The Bertz CT molecular complexity index is 248. The number of carbonyl (C=O) groups is 2. The van der Waals surface area contributed by atoms with Crippen molar-refractivity contribution in [1.82, 2.24) is 4.90 Å². The third kappa shape index (κ3) is 8.56. The third-order valence-corrected chi connectivity index (χ3v) is 1.80. The third-order valence-electron chi connectivity index (χ3n) is 1.80. The Morgan fingerprint density at radius 2 is 2.00 bits per heavy atom. The molecule has 0 aliphatic rings. The molecule has 0 aliphatic carbocycles. The zero-order valence-electron chi connectivity index (χ0n) is 9.95. The van der Waals surface area contributed by atoms with Crippen molar-refractivity contribution in [2.24, 2.45) is 0 Å². The van der Waals surface area contributed by atoms with Gasteiger partial charge >= 0.3 is 5.97 Å². The summed E-state index contributed by atoms with van der Waals surface area (Å²) in [5, 5.41) is 0. The maximum absolute atomic E-state index is 11.7. The maximum atomic E-state index is 11.7. The van der Waals surface area contributed by atoms with Crippen LogP contribution in [0.25, 0.3) is 0 Å². The number of hydrogen-bond donors (Lipinski definition) is 0. The molecule has 0 saturated heterocycles. The molecule has 0 bridgehead atoms. The summed E-state index contributed by atoms with van der Waals surface area (Å²) in [6.45, 7) is 0.989. The highest BCUT2D eigenvalue weighted by Crippen LogP contribution is 1.96. The molecule has 0 aliphatic heterocycles. The molecule has 0 spiro atoms. The topological polar surface area (TPSA) is 55.8 Å². The molecule has 0 fully saturated rings. The van der Waals surface area contributed by atoms with Gasteiger partial charge in [0, 0.05) is 7.05 Å². The molecule has 0 rings (SSSR count). The number of nitrogens with zero attached hydrogens (tertiary/aromatic N) is 1. The predicted octanol–water partition coefficient (Wildman–Crippen LogP) is 0.680. The van der Waals surface area contributed by atoms with Gasteiger partial charge in [-0.1, -0.05) is 0 Å². The molecule has 0 atom stereocenters. The smallest absolute Gasteiger partial charge is 0.325 e. The van der Waals surface area contributed by atoms with Gasteiger partial charge in [-0.25, -0.2) is 8.78 Å². The van der Waals surface area contributed by atoms with Crippen molar-refractivity contribution >= 4 is 11.9 Å². The minimum atomic E-state index is -2.54. The number of halogens is 2. The molecule has 0 radical (unpaired) electrons. The van der Waals surface area contributed by atoms with E-state index in [4.69, 9.17) is 0 Å². The first-order chi connectivity index (χ1) is 7.97. The first kappa shape index (κ1) is 15.8. The van der Waals surface area contributed by atoms with Crippen LogP contribution in [-0.2, 0) is 19.1 Å². The maximum Gasteiger partial charge on any atom is 0.325 e. The van der Waals surface area contributed by atoms with Crippen LogP contribution in [0, 0.1) is 0 Å². The average Bonchev–Trinajstić information content (AvgIpc) is 2.23. The van der Waals surface area contributed by atoms with Gasteiger partial charge in [-0.3, -0.25) is 9.59 Å². The number of amides is 1. The van der Waals surface area contributed by atoms with E-state index in [0.717, 1.165) is 0 Å². The summed E-state index contributed by atoms with van der Waals surface area (Å²) in [6.07, 6.45) is -2.58. The molecule has 5 nitrogen and oxygen atoms in total. The van der Waals surface area contributed by atoms with Crippen molar-refractivity contribution in [2.45, 2.75) is 19.8 Å². The number of rotatable bonds is 8. The van der Waals surface area contributed by atoms with Gasteiger partial charge in [-0.15, -0.1) is 0 Å². The molecule has 17 heavy (non-hydrogen) atoms. The molecule has 0 N–H and O–H groups in total. The molecule has 0 aromatic carbocycles. The number of alkyl halides is 2. The fourth-order valence-electron chi connectivity index (χ4n) is 1.01. The molecular formula is C10H17F2NO4. The standard InChI is InChI=1S/C10H17F2NO4/c1-3-17-10(15)6-13(2)9(14)4-5-16-7-8(11)12/h8H,3-7H2,1-2H3. The minimum absolute atomic E-state index is 0.0391. The van der Waals surface area contributed by atoms with E-state index in [-0.39, 0.29) is 32.1 Å². The van der Waals surface area contributed by atoms with E-state index in [1.165, 1.54) is 11.9 Å². The number of esters is 1. The zero-order valence-corrected chi connectivity index (χ0v) is 9.95. The lowest BCUT2D eigenvalue weighted by molar-refractivity contribution is -0.148. The fraction of sp³-hybridized carbons (Fsp3) is 0.800. The van der Waals surface area contributed by atoms with Crippen LogP contribution in [-0.4, -0.2) is 56.6 Å². The molecule has 0 heterocycles. The Labute approximate surface area is 98.7 Å². The summed E-state index contributed by atoms with van der Waals surface area (Å²) in [5.74, 6) is -0.857. The molecule has 0 aromatic heterocycles. The highest BCUT2D eigenvalue weighted by atomic mass is 19.3. The number of likely N-dealkylation sites (N-methyl/N-ethyl adjacent to an activating group) is 1. The van der Waals surface area contributed by atoms with E-state index >= 15 is 0 Å². The molecule has 100 valence electrons. The van der Waals surface area contributed by atoms with E-state index in [2.05, 4.69) is 9.47 Å². The largest absolute Gasteiger partial charge is 0.465 e. The first-order valence-electron chi connectivity index (χ1n) is 5.22. The molecule has 0 saturated carbocycles. The van der Waals surface area contributed by atoms with Crippen LogP contribution in [0.3, 0.4) is 0 Å². The summed E-state index contributed by atoms with van der Waals surface area (Å²) in [5.41, 5.74) is 0. The van der Waals surface area contributed by atoms with Crippen molar-refractivity contribution in [3.63, 3.8) is 0 Å². The van der Waals surface area contributed by atoms with E-state index in [1.807, 2.05) is 0 Å². The van der Waals surface area contributed by atoms with Crippen LogP contribution in [0.2, 0.25) is 0 Å². The van der Waals surface area contributed by atoms with Crippen molar-refractivity contribution in [3.8, 4) is 0 Å². The van der Waals surface area contributed by atoms with Crippen molar-refractivity contribution in [1.29, 1.82) is 0 Å². The van der Waals surface area contributed by atoms with E-state index in [9.17, 15) is 18.4 Å². The second-order valence-electron chi connectivity index (χ2n) is 3.27. The van der Waals surface area contributed by atoms with Crippen LogP contribution in [0.5, 0.6) is 0 Å². The summed E-state index contributed by atoms with van der Waals surface area (Å²) in [7, 11) is 1.44. The molecule has 1 amide bonds. The predicted molar refractivity (Wildman–Crippen MR) is 55.7 cm³/mol. The number of carbonyl (C=O) groups excluding carboxylic acids is 2. The Morgan fingerprint density at radius 3 is 2.53 bits per heavy atom. The Morgan fingerprint density at radius 1 is 1.35 bits per heavy atom. The lowest BCUT2D eigenvalue weighted by atomic mass is 10.4. The van der Waals surface area contributed by atoms with Crippen LogP contribution < -0.4 is 0 Å². The highest BCUT2D eigenvalue weighted by molar-refractivity contribution is 5.81. The number of hydrogen-bond acceptors (Lipinski definition) is 4. The van der Waals surface area contributed by atoms with Gasteiger partial charge in [0.25, 0.3) is 6.43 Å². The normalized spacial score (nSPS) is 10.4. The quantitative estimate of drug-likeness (QED) is 0.471. The average molecular weight is 253 g/mol. The lowest BCUT2D eigenvalue weighted by Crippen LogP contribution is -2.33. The van der Waals surface area contributed by atoms with Gasteiger partial charge in [0.05, 0.1) is 19.6 Å². The second kappa shape index (κ2) is 8.86. The van der Waals surface area contributed by atoms with Gasteiger partial charge in [-0.05, 0) is 6.92 Å². The summed E-state index contributed by atoms with van der Waals surface area (Å²) in [4.78, 5) is 23.6. The van der Waals surface area contributed by atoms with Crippen molar-refractivity contribution < 1.29 is 27.8 Å². The van der Waals surface area contributed by atoms with Gasteiger partial charge in [0.1, 0.15) is 13.2 Å². The molecular weight excluding hydrogens is 236 g/mol. The van der Waals surface area contributed by atoms with Crippen LogP contribution in [0.1, 0.15) is 13.3 Å². The lowest BCUT2D eigenvalue weighted by Gasteiger charge is -2.15.